The van der Waals surface area contributed by atoms with E-state index in [2.05, 4.69) is 6.58 Å². The monoisotopic (exact) mass is 738 g/mol. The van der Waals surface area contributed by atoms with Gasteiger partial charge in [-0.2, -0.15) is 0 Å². The van der Waals surface area contributed by atoms with Crippen molar-refractivity contribution in [2.75, 3.05) is 0 Å². The van der Waals surface area contributed by atoms with Crippen LogP contribution in [0.15, 0.2) is 66.8 Å². The summed E-state index contributed by atoms with van der Waals surface area (Å²) >= 11 is 0. The third-order valence-corrected chi connectivity index (χ3v) is 12.2. The highest BCUT2D eigenvalue weighted by atomic mass is 16.6. The van der Waals surface area contributed by atoms with Crippen molar-refractivity contribution in [1.82, 2.24) is 0 Å². The Kier molecular flexibility index (Phi) is 11.4. The van der Waals surface area contributed by atoms with Gasteiger partial charge in [-0.1, -0.05) is 70.2 Å². The summed E-state index contributed by atoms with van der Waals surface area (Å²) in [5.41, 5.74) is -5.92. The third kappa shape index (κ3) is 7.04. The lowest BCUT2D eigenvalue weighted by atomic mass is 9.38. The number of benzene rings is 1. The van der Waals surface area contributed by atoms with Gasteiger partial charge in [0.1, 0.15) is 18.3 Å². The van der Waals surface area contributed by atoms with Crippen LogP contribution in [-0.4, -0.2) is 87.7 Å². The molecule has 3 saturated carbocycles. The average Bonchev–Trinajstić information content (AvgIpc) is 3.08. The van der Waals surface area contributed by atoms with Crippen molar-refractivity contribution in [3.05, 3.63) is 72.4 Å². The first-order valence-corrected chi connectivity index (χ1v) is 18.3. The van der Waals surface area contributed by atoms with Crippen LogP contribution in [0.2, 0.25) is 0 Å². The maximum Gasteiger partial charge on any atom is 0.338 e. The first-order valence-electron chi connectivity index (χ1n) is 18.3. The second-order valence-corrected chi connectivity index (χ2v) is 16.2. The Balaban J connectivity index is 1.81. The minimum Gasteiger partial charge on any atom is -0.459 e. The molecule has 0 heterocycles. The molecule has 13 atom stereocenters. The molecule has 4 aliphatic carbocycles. The number of esters is 3. The van der Waals surface area contributed by atoms with Gasteiger partial charge in [0.05, 0.1) is 17.1 Å². The van der Waals surface area contributed by atoms with Crippen molar-refractivity contribution >= 4 is 23.7 Å². The summed E-state index contributed by atoms with van der Waals surface area (Å²) in [6, 6.07) is 8.17. The number of ketones is 1. The van der Waals surface area contributed by atoms with Crippen LogP contribution >= 0.6 is 0 Å². The van der Waals surface area contributed by atoms with Gasteiger partial charge in [0, 0.05) is 30.3 Å². The topological polar surface area (TPSA) is 175 Å². The summed E-state index contributed by atoms with van der Waals surface area (Å²) in [6.45, 7) is 16.8. The molecule has 0 amide bonds. The second-order valence-electron chi connectivity index (χ2n) is 16.2. The number of Topliss-reactive ketones (excluding diaryl/α,β-unsaturated/α-hetero) is 1. The SMILES string of the molecule is C=CC1(C)CC(OC(=O)C2=CC=CCC2C)C2C(O)(C1=O)C(OC(C)O)CC1C(C)(C)C(OC(C)O)C(OC(C)=O)C(OC(=O)c3ccccc3)C12C. The molecule has 12 heteroatoms. The van der Waals surface area contributed by atoms with Crippen molar-refractivity contribution in [2.24, 2.45) is 34.0 Å². The van der Waals surface area contributed by atoms with E-state index in [1.54, 1.807) is 56.3 Å². The van der Waals surface area contributed by atoms with Crippen molar-refractivity contribution < 1.29 is 58.2 Å². The highest BCUT2D eigenvalue weighted by Crippen LogP contribution is 2.68. The molecule has 3 N–H and O–H groups in total. The summed E-state index contributed by atoms with van der Waals surface area (Å²) in [7, 11) is 0. The van der Waals surface area contributed by atoms with Crippen molar-refractivity contribution in [3.63, 3.8) is 0 Å². The van der Waals surface area contributed by atoms with Crippen molar-refractivity contribution in [1.29, 1.82) is 0 Å². The first-order chi connectivity index (χ1) is 24.7. The lowest BCUT2D eigenvalue weighted by molar-refractivity contribution is -0.338. The van der Waals surface area contributed by atoms with Gasteiger partial charge in [-0.25, -0.2) is 9.59 Å². The molecule has 0 spiro atoms. The Morgan fingerprint density at radius 3 is 2.15 bits per heavy atom. The first kappa shape index (κ1) is 40.5. The molecule has 13 unspecified atom stereocenters. The van der Waals surface area contributed by atoms with Crippen LogP contribution in [0.5, 0.6) is 0 Å². The third-order valence-electron chi connectivity index (χ3n) is 12.2. The zero-order valence-electron chi connectivity index (χ0n) is 31.8. The van der Waals surface area contributed by atoms with E-state index in [1.165, 1.54) is 26.8 Å². The molecule has 5 rings (SSSR count). The second kappa shape index (κ2) is 14.9. The van der Waals surface area contributed by atoms with Crippen LogP contribution in [-0.2, 0) is 38.1 Å². The Morgan fingerprint density at radius 2 is 1.58 bits per heavy atom. The number of carbonyl (C=O) groups is 4. The summed E-state index contributed by atoms with van der Waals surface area (Å²) in [5, 5.41) is 34.5. The van der Waals surface area contributed by atoms with Crippen LogP contribution in [0.25, 0.3) is 0 Å². The fourth-order valence-corrected chi connectivity index (χ4v) is 9.85. The lowest BCUT2D eigenvalue weighted by Crippen LogP contribution is -2.81. The normalized spacial score (nSPS) is 38.6. The van der Waals surface area contributed by atoms with Gasteiger partial charge in [0.15, 0.2) is 30.1 Å². The Morgan fingerprint density at radius 1 is 0.943 bits per heavy atom. The predicted octanol–water partition coefficient (Wildman–Crippen LogP) is 4.60. The highest BCUT2D eigenvalue weighted by Gasteiger charge is 2.78. The molecular formula is C41H54O12. The van der Waals surface area contributed by atoms with E-state index in [0.29, 0.717) is 12.0 Å². The van der Waals surface area contributed by atoms with Crippen LogP contribution in [0.4, 0.5) is 0 Å². The fraction of sp³-hybridized carbons (Fsp3) is 0.610. The van der Waals surface area contributed by atoms with Gasteiger partial charge < -0.3 is 39.0 Å². The smallest absolute Gasteiger partial charge is 0.338 e. The largest absolute Gasteiger partial charge is 0.459 e. The maximum atomic E-state index is 14.9. The van der Waals surface area contributed by atoms with E-state index in [0.717, 1.165) is 0 Å². The molecule has 0 aromatic heterocycles. The fourth-order valence-electron chi connectivity index (χ4n) is 9.85. The number of hydrogen-bond acceptors (Lipinski definition) is 12. The zero-order valence-corrected chi connectivity index (χ0v) is 31.8. The molecule has 290 valence electrons. The Hall–Kier alpha value is -3.68. The van der Waals surface area contributed by atoms with E-state index in [4.69, 9.17) is 23.7 Å². The molecule has 53 heavy (non-hydrogen) atoms. The number of allylic oxidation sites excluding steroid dienone is 4. The molecule has 0 bridgehead atoms. The van der Waals surface area contributed by atoms with Crippen LogP contribution in [0.1, 0.15) is 85.0 Å². The number of aliphatic hydroxyl groups is 3. The molecule has 12 nitrogen and oxygen atoms in total. The Labute approximate surface area is 311 Å². The molecule has 0 saturated heterocycles. The van der Waals surface area contributed by atoms with E-state index < -0.39 is 100 Å². The molecule has 4 aliphatic rings. The molecule has 0 aliphatic heterocycles. The maximum absolute atomic E-state index is 14.9. The van der Waals surface area contributed by atoms with E-state index in [1.807, 2.05) is 26.8 Å². The minimum absolute atomic E-state index is 0.0835. The average molecular weight is 739 g/mol. The molecule has 1 aromatic carbocycles. The standard InChI is InChI=1S/C41H54O12/c1-10-39(8)21-28(52-36(46)27-19-15-14-16-22(27)2)32-40(9)29(20-30(49-23(3)42)41(32,48)37(39)47)38(6,7)33(51-25(5)44)31(50-24(4)43)34(40)53-35(45)26-17-12-11-13-18-26/h10-15,17-19,22-23,25,28-34,42,44,48H,1,16,20-21H2,2-9H3. The van der Waals surface area contributed by atoms with E-state index in [-0.39, 0.29) is 24.3 Å². The minimum atomic E-state index is -2.47. The van der Waals surface area contributed by atoms with E-state index in [9.17, 15) is 34.5 Å². The summed E-state index contributed by atoms with van der Waals surface area (Å²) in [5.74, 6) is -5.09. The van der Waals surface area contributed by atoms with Gasteiger partial charge in [-0.3, -0.25) is 9.59 Å². The van der Waals surface area contributed by atoms with Gasteiger partial charge in [0.25, 0.3) is 0 Å². The number of hydrogen-bond donors (Lipinski definition) is 3. The van der Waals surface area contributed by atoms with Gasteiger partial charge >= 0.3 is 17.9 Å². The highest BCUT2D eigenvalue weighted by molar-refractivity contribution is 5.97. The van der Waals surface area contributed by atoms with Crippen LogP contribution in [0, 0.1) is 34.0 Å². The van der Waals surface area contributed by atoms with Gasteiger partial charge in [-0.15, -0.1) is 6.58 Å². The van der Waals surface area contributed by atoms with Gasteiger partial charge in [0.2, 0.25) is 0 Å². The van der Waals surface area contributed by atoms with Crippen LogP contribution < -0.4 is 0 Å². The quantitative estimate of drug-likeness (QED) is 0.132. The number of carbonyl (C=O) groups excluding carboxylic acids is 4. The molecule has 0 radical (unpaired) electrons. The number of fused-ring (bicyclic) bond motifs is 3. The number of rotatable bonds is 10. The lowest BCUT2D eigenvalue weighted by Gasteiger charge is -2.69. The number of aliphatic hydroxyl groups excluding tert-OH is 2. The van der Waals surface area contributed by atoms with Crippen LogP contribution in [0.3, 0.4) is 0 Å². The summed E-state index contributed by atoms with van der Waals surface area (Å²) < 4.78 is 31.0. The van der Waals surface area contributed by atoms with Crippen molar-refractivity contribution in [3.8, 4) is 0 Å². The Bertz CT molecular complexity index is 1650. The molecule has 3 fully saturated rings. The van der Waals surface area contributed by atoms with Crippen molar-refractivity contribution in [2.45, 2.75) is 123 Å². The van der Waals surface area contributed by atoms with Gasteiger partial charge in [-0.05, 0) is 63.0 Å². The molecule has 1 aromatic rings. The summed E-state index contributed by atoms with van der Waals surface area (Å²) in [4.78, 5) is 56.0. The van der Waals surface area contributed by atoms with E-state index >= 15 is 0 Å². The zero-order chi connectivity index (χ0) is 39.3. The number of ether oxygens (including phenoxy) is 5. The predicted molar refractivity (Wildman–Crippen MR) is 192 cm³/mol. The summed E-state index contributed by atoms with van der Waals surface area (Å²) in [6.07, 6.45) is -2.07. The molecular weight excluding hydrogens is 684 g/mol.